The maximum atomic E-state index is 10.9. The van der Waals surface area contributed by atoms with Gasteiger partial charge in [0.25, 0.3) is 0 Å². The molecule has 0 atom stereocenters. The first-order valence-electron chi connectivity index (χ1n) is 4.50. The summed E-state index contributed by atoms with van der Waals surface area (Å²) in [4.78, 5) is 16.1. The van der Waals surface area contributed by atoms with Gasteiger partial charge in [0.05, 0.1) is 11.2 Å². The Kier molecular flexibility index (Phi) is 3.21. The van der Waals surface area contributed by atoms with Crippen molar-refractivity contribution in [2.75, 3.05) is 0 Å². The average Bonchev–Trinajstić information content (AvgIpc) is 2.83. The monoisotopic (exact) mass is 255 g/mol. The van der Waals surface area contributed by atoms with Gasteiger partial charge in [0, 0.05) is 10.3 Å². The topological polar surface area (TPSA) is 59.4 Å². The van der Waals surface area contributed by atoms with Gasteiger partial charge in [0.1, 0.15) is 12.4 Å². The van der Waals surface area contributed by atoms with Crippen LogP contribution < -0.4 is 4.74 Å². The summed E-state index contributed by atoms with van der Waals surface area (Å²) in [5.74, 6) is -0.533. The van der Waals surface area contributed by atoms with E-state index in [9.17, 15) is 4.79 Å². The van der Waals surface area contributed by atoms with Gasteiger partial charge >= 0.3 is 5.97 Å². The molecule has 0 saturated heterocycles. The number of carboxylic acid groups (broad SMARTS) is 1. The third kappa shape index (κ3) is 2.40. The predicted molar refractivity (Wildman–Crippen MR) is 62.5 cm³/mol. The van der Waals surface area contributed by atoms with Gasteiger partial charge < -0.3 is 9.84 Å². The molecule has 0 amide bonds. The fraction of sp³-hybridized carbons (Fsp3) is 0.200. The Morgan fingerprint density at radius 3 is 3.06 bits per heavy atom. The fourth-order valence-electron chi connectivity index (χ4n) is 1.21. The van der Waals surface area contributed by atoms with Crippen molar-refractivity contribution in [1.29, 1.82) is 0 Å². The van der Waals surface area contributed by atoms with E-state index in [4.69, 9.17) is 9.84 Å². The Labute approximate surface area is 100 Å². The Morgan fingerprint density at radius 2 is 2.44 bits per heavy atom. The molecule has 2 aromatic heterocycles. The van der Waals surface area contributed by atoms with E-state index in [1.807, 2.05) is 12.3 Å². The van der Waals surface area contributed by atoms with Gasteiger partial charge in [-0.1, -0.05) is 0 Å². The van der Waals surface area contributed by atoms with Gasteiger partial charge in [-0.3, -0.25) is 0 Å². The summed E-state index contributed by atoms with van der Waals surface area (Å²) in [6, 6.07) is 1.74. The van der Waals surface area contributed by atoms with Gasteiger partial charge in [0.2, 0.25) is 0 Å². The van der Waals surface area contributed by atoms with Gasteiger partial charge in [-0.15, -0.1) is 22.7 Å². The first-order chi connectivity index (χ1) is 7.66. The maximum Gasteiger partial charge on any atom is 0.349 e. The highest BCUT2D eigenvalue weighted by Crippen LogP contribution is 2.29. The Morgan fingerprint density at radius 1 is 1.62 bits per heavy atom. The van der Waals surface area contributed by atoms with Gasteiger partial charge in [0.15, 0.2) is 4.88 Å². The molecule has 6 heteroatoms. The SMILES string of the molecule is Cc1cc(OCc2cscn2)c(C(=O)O)s1. The van der Waals surface area contributed by atoms with E-state index in [0.717, 1.165) is 10.6 Å². The van der Waals surface area contributed by atoms with Crippen LogP contribution in [0, 0.1) is 6.92 Å². The summed E-state index contributed by atoms with van der Waals surface area (Å²) >= 11 is 2.70. The molecular formula is C10H9NO3S2. The summed E-state index contributed by atoms with van der Waals surface area (Å²) < 4.78 is 5.44. The molecule has 0 saturated carbocycles. The minimum absolute atomic E-state index is 0.243. The third-order valence-corrected chi connectivity index (χ3v) is 3.53. The van der Waals surface area contributed by atoms with E-state index in [1.165, 1.54) is 22.7 Å². The van der Waals surface area contributed by atoms with Crippen molar-refractivity contribution in [3.05, 3.63) is 32.4 Å². The van der Waals surface area contributed by atoms with Crippen molar-refractivity contribution in [2.45, 2.75) is 13.5 Å². The first-order valence-corrected chi connectivity index (χ1v) is 6.26. The van der Waals surface area contributed by atoms with Crippen molar-refractivity contribution >= 4 is 28.6 Å². The number of aryl methyl sites for hydroxylation is 1. The van der Waals surface area contributed by atoms with Crippen LogP contribution in [0.15, 0.2) is 17.0 Å². The number of carbonyl (C=O) groups is 1. The number of nitrogens with zero attached hydrogens (tertiary/aromatic N) is 1. The van der Waals surface area contributed by atoms with E-state index in [1.54, 1.807) is 11.6 Å². The number of rotatable bonds is 4. The van der Waals surface area contributed by atoms with Crippen molar-refractivity contribution in [3.63, 3.8) is 0 Å². The summed E-state index contributed by atoms with van der Waals surface area (Å²) in [7, 11) is 0. The first kappa shape index (κ1) is 11.1. The zero-order valence-corrected chi connectivity index (χ0v) is 10.1. The Hall–Kier alpha value is -1.40. The van der Waals surface area contributed by atoms with E-state index in [2.05, 4.69) is 4.98 Å². The van der Waals surface area contributed by atoms with Crippen LogP contribution in [0.3, 0.4) is 0 Å². The zero-order chi connectivity index (χ0) is 11.5. The van der Waals surface area contributed by atoms with E-state index >= 15 is 0 Å². The lowest BCUT2D eigenvalue weighted by Crippen LogP contribution is -2.00. The molecule has 0 radical (unpaired) electrons. The van der Waals surface area contributed by atoms with Crippen LogP contribution in [0.2, 0.25) is 0 Å². The highest BCUT2D eigenvalue weighted by Gasteiger charge is 2.15. The number of aromatic carboxylic acids is 1. The number of hydrogen-bond donors (Lipinski definition) is 1. The molecule has 2 heterocycles. The van der Waals surface area contributed by atoms with Crippen LogP contribution in [0.5, 0.6) is 5.75 Å². The minimum Gasteiger partial charge on any atom is -0.485 e. The summed E-state index contributed by atoms with van der Waals surface area (Å²) in [6.45, 7) is 2.16. The predicted octanol–water partition coefficient (Wildman–Crippen LogP) is 2.79. The molecule has 0 fully saturated rings. The molecule has 0 bridgehead atoms. The summed E-state index contributed by atoms with van der Waals surface area (Å²) in [5.41, 5.74) is 2.53. The van der Waals surface area contributed by atoms with Crippen molar-refractivity contribution in [1.82, 2.24) is 4.98 Å². The number of hydrogen-bond acceptors (Lipinski definition) is 5. The lowest BCUT2D eigenvalue weighted by atomic mass is 10.4. The van der Waals surface area contributed by atoms with Crippen molar-refractivity contribution in [2.24, 2.45) is 0 Å². The van der Waals surface area contributed by atoms with Crippen molar-refractivity contribution in [3.8, 4) is 5.75 Å². The second-order valence-corrected chi connectivity index (χ2v) is 5.10. The molecule has 16 heavy (non-hydrogen) atoms. The van der Waals surface area contributed by atoms with Crippen molar-refractivity contribution < 1.29 is 14.6 Å². The minimum atomic E-state index is -0.952. The van der Waals surface area contributed by atoms with Crippen LogP contribution in [0.1, 0.15) is 20.2 Å². The number of carboxylic acids is 1. The standard InChI is InChI=1S/C10H9NO3S2/c1-6-2-8(9(16-6)10(12)13)14-3-7-4-15-5-11-7/h2,4-5H,3H2,1H3,(H,12,13). The molecule has 0 spiro atoms. The second kappa shape index (κ2) is 4.63. The van der Waals surface area contributed by atoms with Gasteiger partial charge in [-0.25, -0.2) is 9.78 Å². The molecule has 0 aliphatic carbocycles. The molecule has 2 rings (SSSR count). The second-order valence-electron chi connectivity index (χ2n) is 3.12. The molecule has 1 N–H and O–H groups in total. The Bertz CT molecular complexity index is 490. The van der Waals surface area contributed by atoms with Crippen LogP contribution in [-0.2, 0) is 6.61 Å². The molecule has 0 aliphatic rings. The number of ether oxygens (including phenoxy) is 1. The van der Waals surface area contributed by atoms with Crippen LogP contribution in [0.25, 0.3) is 0 Å². The van der Waals surface area contributed by atoms with Crippen LogP contribution >= 0.6 is 22.7 Å². The number of thiazole rings is 1. The normalized spacial score (nSPS) is 10.3. The Balaban J connectivity index is 2.12. The molecule has 84 valence electrons. The molecule has 0 unspecified atom stereocenters. The smallest absolute Gasteiger partial charge is 0.349 e. The zero-order valence-electron chi connectivity index (χ0n) is 8.47. The van der Waals surface area contributed by atoms with Gasteiger partial charge in [-0.2, -0.15) is 0 Å². The molecule has 0 aromatic carbocycles. The number of thiophene rings is 1. The molecule has 0 aliphatic heterocycles. The largest absolute Gasteiger partial charge is 0.485 e. The summed E-state index contributed by atoms with van der Waals surface area (Å²) in [6.07, 6.45) is 0. The van der Waals surface area contributed by atoms with Gasteiger partial charge in [-0.05, 0) is 13.0 Å². The number of aromatic nitrogens is 1. The van der Waals surface area contributed by atoms with E-state index in [0.29, 0.717) is 12.4 Å². The highest BCUT2D eigenvalue weighted by atomic mass is 32.1. The van der Waals surface area contributed by atoms with Crippen LogP contribution in [0.4, 0.5) is 0 Å². The fourth-order valence-corrected chi connectivity index (χ4v) is 2.54. The molecular weight excluding hydrogens is 246 g/mol. The lowest BCUT2D eigenvalue weighted by molar-refractivity contribution is 0.0697. The quantitative estimate of drug-likeness (QED) is 0.912. The third-order valence-electron chi connectivity index (χ3n) is 1.87. The van der Waals surface area contributed by atoms with E-state index < -0.39 is 5.97 Å². The molecule has 2 aromatic rings. The molecule has 4 nitrogen and oxygen atoms in total. The van der Waals surface area contributed by atoms with E-state index in [-0.39, 0.29) is 4.88 Å². The van der Waals surface area contributed by atoms with Crippen LogP contribution in [-0.4, -0.2) is 16.1 Å². The lowest BCUT2D eigenvalue weighted by Gasteiger charge is -2.02. The summed E-state index contributed by atoms with van der Waals surface area (Å²) in [5, 5.41) is 10.8. The highest BCUT2D eigenvalue weighted by molar-refractivity contribution is 7.14. The maximum absolute atomic E-state index is 10.9. The average molecular weight is 255 g/mol.